The van der Waals surface area contributed by atoms with Gasteiger partial charge >= 0.3 is 23.1 Å². The molecule has 0 amide bonds. The first-order chi connectivity index (χ1) is 4.30. The monoisotopic (exact) mass is 178 g/mol. The van der Waals surface area contributed by atoms with Gasteiger partial charge in [0.1, 0.15) is 0 Å². The predicted molar refractivity (Wildman–Crippen MR) is 45.1 cm³/mol. The van der Waals surface area contributed by atoms with Crippen molar-refractivity contribution in [2.45, 2.75) is 19.8 Å². The third-order valence-corrected chi connectivity index (χ3v) is 1.41. The van der Waals surface area contributed by atoms with Crippen molar-refractivity contribution in [2.24, 2.45) is 0 Å². The van der Waals surface area contributed by atoms with Crippen LogP contribution in [-0.2, 0) is 0 Å². The van der Waals surface area contributed by atoms with E-state index in [9.17, 15) is 0 Å². The molecular formula is C9H11ClMg. The van der Waals surface area contributed by atoms with E-state index in [1.165, 1.54) is 5.56 Å². The molecule has 2 heteroatoms. The summed E-state index contributed by atoms with van der Waals surface area (Å²) in [6.45, 7) is 4.38. The summed E-state index contributed by atoms with van der Waals surface area (Å²) >= 11 is 0. The maximum Gasteiger partial charge on any atom is 2.00 e. The first kappa shape index (κ1) is 13.8. The molecule has 0 saturated heterocycles. The Bertz CT molecular complexity index is 172. The summed E-state index contributed by atoms with van der Waals surface area (Å²) in [5.74, 6) is 0.639. The predicted octanol–water partition coefficient (Wildman–Crippen LogP) is -0.767. The van der Waals surface area contributed by atoms with E-state index < -0.39 is 0 Å². The molecule has 0 saturated carbocycles. The Labute approximate surface area is 90.9 Å². The van der Waals surface area contributed by atoms with Crippen molar-refractivity contribution >= 4 is 23.1 Å². The molecule has 0 aliphatic rings. The van der Waals surface area contributed by atoms with E-state index in [4.69, 9.17) is 0 Å². The average molecular weight is 179 g/mol. The Morgan fingerprint density at radius 2 is 1.64 bits per heavy atom. The molecule has 0 aliphatic heterocycles. The van der Waals surface area contributed by atoms with E-state index in [-0.39, 0.29) is 35.5 Å². The van der Waals surface area contributed by atoms with Gasteiger partial charge in [-0.1, -0.05) is 13.8 Å². The maximum absolute atomic E-state index is 2.99. The van der Waals surface area contributed by atoms with Gasteiger partial charge in [0.2, 0.25) is 0 Å². The van der Waals surface area contributed by atoms with Crippen LogP contribution in [0.4, 0.5) is 0 Å². The van der Waals surface area contributed by atoms with Crippen molar-refractivity contribution in [1.82, 2.24) is 0 Å². The Kier molecular flexibility index (Phi) is 8.75. The third-order valence-electron chi connectivity index (χ3n) is 1.41. The molecular weight excluding hydrogens is 168 g/mol. The number of benzene rings is 1. The quantitative estimate of drug-likeness (QED) is 0.392. The Balaban J connectivity index is 0. The number of hydrogen-bond acceptors (Lipinski definition) is 0. The van der Waals surface area contributed by atoms with Crippen LogP contribution in [0.5, 0.6) is 0 Å². The first-order valence-electron chi connectivity index (χ1n) is 3.26. The molecule has 0 bridgehead atoms. The SMILES string of the molecule is CC(C)c1cc[c-]cc1.[Cl-].[Mg+2]. The molecule has 1 rings (SSSR count). The van der Waals surface area contributed by atoms with Gasteiger partial charge in [-0.05, 0) is 5.92 Å². The summed E-state index contributed by atoms with van der Waals surface area (Å²) in [5.41, 5.74) is 1.38. The topological polar surface area (TPSA) is 0 Å². The van der Waals surface area contributed by atoms with Gasteiger partial charge in [0, 0.05) is 0 Å². The minimum atomic E-state index is 0. The second kappa shape index (κ2) is 6.95. The molecule has 0 spiro atoms. The minimum Gasteiger partial charge on any atom is -1.00 e. The van der Waals surface area contributed by atoms with E-state index in [2.05, 4.69) is 32.0 Å². The fraction of sp³-hybridized carbons (Fsp3) is 0.333. The largest absolute Gasteiger partial charge is 2.00 e. The molecule has 0 radical (unpaired) electrons. The zero-order valence-electron chi connectivity index (χ0n) is 6.97. The van der Waals surface area contributed by atoms with Crippen LogP contribution in [-0.4, -0.2) is 23.1 Å². The van der Waals surface area contributed by atoms with E-state index in [0.29, 0.717) is 5.92 Å². The van der Waals surface area contributed by atoms with Crippen LogP contribution < -0.4 is 12.4 Å². The molecule has 1 aromatic carbocycles. The van der Waals surface area contributed by atoms with Gasteiger partial charge in [-0.15, -0.1) is 0 Å². The van der Waals surface area contributed by atoms with E-state index in [1.807, 2.05) is 12.1 Å². The molecule has 0 heterocycles. The third kappa shape index (κ3) is 4.67. The van der Waals surface area contributed by atoms with Crippen molar-refractivity contribution in [3.8, 4) is 0 Å². The fourth-order valence-electron chi connectivity index (χ4n) is 0.785. The maximum atomic E-state index is 2.99. The Morgan fingerprint density at radius 1 is 1.18 bits per heavy atom. The molecule has 0 fully saturated rings. The average Bonchev–Trinajstić information content (AvgIpc) is 1.90. The molecule has 0 unspecified atom stereocenters. The zero-order chi connectivity index (χ0) is 6.69. The van der Waals surface area contributed by atoms with Crippen molar-refractivity contribution in [2.75, 3.05) is 0 Å². The molecule has 11 heavy (non-hydrogen) atoms. The molecule has 0 aliphatic carbocycles. The summed E-state index contributed by atoms with van der Waals surface area (Å²) in [7, 11) is 0. The van der Waals surface area contributed by atoms with Crippen LogP contribution in [0, 0.1) is 6.07 Å². The van der Waals surface area contributed by atoms with Crippen LogP contribution in [0.2, 0.25) is 0 Å². The van der Waals surface area contributed by atoms with Crippen LogP contribution in [0.1, 0.15) is 25.3 Å². The molecule has 0 nitrogen and oxygen atoms in total. The fourth-order valence-corrected chi connectivity index (χ4v) is 0.785. The summed E-state index contributed by atoms with van der Waals surface area (Å²) in [6.07, 6.45) is 0. The van der Waals surface area contributed by atoms with Gasteiger partial charge in [-0.25, -0.2) is 0 Å². The minimum absolute atomic E-state index is 0. The number of rotatable bonds is 1. The summed E-state index contributed by atoms with van der Waals surface area (Å²) in [6, 6.07) is 11.1. The van der Waals surface area contributed by atoms with Crippen molar-refractivity contribution in [1.29, 1.82) is 0 Å². The molecule has 0 atom stereocenters. The van der Waals surface area contributed by atoms with Crippen LogP contribution in [0.3, 0.4) is 0 Å². The number of halogens is 1. The van der Waals surface area contributed by atoms with E-state index in [0.717, 1.165) is 0 Å². The van der Waals surface area contributed by atoms with E-state index in [1.54, 1.807) is 0 Å². The standard InChI is InChI=1S/C9H11.ClH.Mg/c1-8(2)9-6-4-3-5-7-9;;/h4-8H,1-2H3;1H;/q-1;;+2/p-1. The van der Waals surface area contributed by atoms with Gasteiger partial charge < -0.3 is 12.4 Å². The summed E-state index contributed by atoms with van der Waals surface area (Å²) in [5, 5.41) is 0. The second-order valence-electron chi connectivity index (χ2n) is 2.49. The van der Waals surface area contributed by atoms with Crippen molar-refractivity contribution in [3.63, 3.8) is 0 Å². The summed E-state index contributed by atoms with van der Waals surface area (Å²) in [4.78, 5) is 0. The normalized spacial score (nSPS) is 8.27. The molecule has 0 aromatic heterocycles. The van der Waals surface area contributed by atoms with Crippen LogP contribution >= 0.6 is 0 Å². The van der Waals surface area contributed by atoms with Gasteiger partial charge in [-0.3, -0.25) is 0 Å². The molecule has 0 N–H and O–H groups in total. The van der Waals surface area contributed by atoms with Crippen LogP contribution in [0.15, 0.2) is 24.3 Å². The van der Waals surface area contributed by atoms with Crippen molar-refractivity contribution in [3.05, 3.63) is 35.9 Å². The summed E-state index contributed by atoms with van der Waals surface area (Å²) < 4.78 is 0. The van der Waals surface area contributed by atoms with E-state index >= 15 is 0 Å². The van der Waals surface area contributed by atoms with Gasteiger partial charge in [0.25, 0.3) is 0 Å². The number of hydrogen-bond donors (Lipinski definition) is 0. The molecule has 1 aromatic rings. The van der Waals surface area contributed by atoms with Crippen molar-refractivity contribution < 1.29 is 12.4 Å². The molecule has 56 valence electrons. The van der Waals surface area contributed by atoms with Gasteiger partial charge in [-0.2, -0.15) is 35.9 Å². The van der Waals surface area contributed by atoms with Crippen LogP contribution in [0.25, 0.3) is 0 Å². The second-order valence-corrected chi connectivity index (χ2v) is 2.49. The Morgan fingerprint density at radius 3 is 1.91 bits per heavy atom. The zero-order valence-corrected chi connectivity index (χ0v) is 9.14. The first-order valence-corrected chi connectivity index (χ1v) is 3.26. The van der Waals surface area contributed by atoms with Gasteiger partial charge in [0.15, 0.2) is 0 Å². The smallest absolute Gasteiger partial charge is 1.00 e. The van der Waals surface area contributed by atoms with Gasteiger partial charge in [0.05, 0.1) is 0 Å². The Hall–Kier alpha value is 0.276.